The fourth-order valence-corrected chi connectivity index (χ4v) is 1.38. The number of benzene rings is 1. The molecule has 0 aliphatic carbocycles. The van der Waals surface area contributed by atoms with Crippen molar-refractivity contribution in [3.63, 3.8) is 0 Å². The van der Waals surface area contributed by atoms with E-state index in [0.717, 1.165) is 11.6 Å². The van der Waals surface area contributed by atoms with Gasteiger partial charge in [0.2, 0.25) is 0 Å². The van der Waals surface area contributed by atoms with Crippen LogP contribution in [0.25, 0.3) is 0 Å². The third-order valence-corrected chi connectivity index (χ3v) is 2.03. The second kappa shape index (κ2) is 4.51. The average molecular weight is 199 g/mol. The highest BCUT2D eigenvalue weighted by Crippen LogP contribution is 2.16. The van der Waals surface area contributed by atoms with E-state index in [1.165, 1.54) is 6.07 Å². The predicted octanol–water partition coefficient (Wildman–Crippen LogP) is 3.02. The molecule has 0 aromatic heterocycles. The number of hydrogen-bond acceptors (Lipinski definition) is 1. The first-order valence-corrected chi connectivity index (χ1v) is 4.71. The summed E-state index contributed by atoms with van der Waals surface area (Å²) in [6.45, 7) is 5.94. The van der Waals surface area contributed by atoms with E-state index in [9.17, 15) is 8.78 Å². The Hall–Kier alpha value is -0.960. The van der Waals surface area contributed by atoms with Crippen LogP contribution >= 0.6 is 0 Å². The van der Waals surface area contributed by atoms with Gasteiger partial charge in [0.05, 0.1) is 0 Å². The molecule has 0 saturated heterocycles. The molecule has 1 atom stereocenters. The van der Waals surface area contributed by atoms with Gasteiger partial charge in [-0.3, -0.25) is 0 Å². The molecule has 1 aromatic carbocycles. The number of halogens is 2. The molecule has 0 aliphatic heterocycles. The molecular formula is C11H15F2N. The van der Waals surface area contributed by atoms with Crippen LogP contribution < -0.4 is 5.32 Å². The Kier molecular flexibility index (Phi) is 3.58. The third-order valence-electron chi connectivity index (χ3n) is 2.03. The van der Waals surface area contributed by atoms with Gasteiger partial charge in [-0.15, -0.1) is 0 Å². The first kappa shape index (κ1) is 11.1. The molecule has 0 radical (unpaired) electrons. The van der Waals surface area contributed by atoms with Gasteiger partial charge in [-0.25, -0.2) is 8.78 Å². The lowest BCUT2D eigenvalue weighted by Gasteiger charge is -2.17. The van der Waals surface area contributed by atoms with Crippen molar-refractivity contribution in [3.8, 4) is 0 Å². The molecule has 78 valence electrons. The molecule has 0 amide bonds. The maximum atomic E-state index is 12.9. The Morgan fingerprint density at radius 2 is 1.71 bits per heavy atom. The first-order chi connectivity index (χ1) is 6.50. The minimum atomic E-state index is -0.800. The van der Waals surface area contributed by atoms with E-state index in [-0.39, 0.29) is 6.04 Å². The first-order valence-electron chi connectivity index (χ1n) is 4.71. The van der Waals surface area contributed by atoms with Gasteiger partial charge in [-0.2, -0.15) is 0 Å². The smallest absolute Gasteiger partial charge is 0.159 e. The highest BCUT2D eigenvalue weighted by atomic mass is 19.2. The van der Waals surface area contributed by atoms with Crippen LogP contribution in [0.15, 0.2) is 18.2 Å². The summed E-state index contributed by atoms with van der Waals surface area (Å²) in [5.41, 5.74) is 0.762. The van der Waals surface area contributed by atoms with Crippen LogP contribution in [-0.4, -0.2) is 6.04 Å². The van der Waals surface area contributed by atoms with Crippen molar-refractivity contribution in [1.29, 1.82) is 0 Å². The SMILES string of the molecule is CC(C)N[C@@H](C)c1ccc(F)c(F)c1. The second-order valence-corrected chi connectivity index (χ2v) is 3.72. The summed E-state index contributed by atoms with van der Waals surface area (Å²) < 4.78 is 25.5. The van der Waals surface area contributed by atoms with E-state index in [1.54, 1.807) is 6.07 Å². The quantitative estimate of drug-likeness (QED) is 0.789. The van der Waals surface area contributed by atoms with E-state index in [4.69, 9.17) is 0 Å². The Balaban J connectivity index is 2.80. The van der Waals surface area contributed by atoms with Crippen molar-refractivity contribution in [2.24, 2.45) is 0 Å². The molecule has 0 unspecified atom stereocenters. The van der Waals surface area contributed by atoms with E-state index < -0.39 is 11.6 Å². The molecule has 0 spiro atoms. The zero-order valence-electron chi connectivity index (χ0n) is 8.64. The van der Waals surface area contributed by atoms with E-state index >= 15 is 0 Å². The van der Waals surface area contributed by atoms with Crippen LogP contribution in [0.1, 0.15) is 32.4 Å². The van der Waals surface area contributed by atoms with Gasteiger partial charge in [0, 0.05) is 12.1 Å². The van der Waals surface area contributed by atoms with Gasteiger partial charge in [0.25, 0.3) is 0 Å². The van der Waals surface area contributed by atoms with Crippen LogP contribution in [0.4, 0.5) is 8.78 Å². The molecule has 14 heavy (non-hydrogen) atoms. The molecule has 0 saturated carbocycles. The summed E-state index contributed by atoms with van der Waals surface area (Å²) in [6.07, 6.45) is 0. The molecule has 0 aliphatic rings. The van der Waals surface area contributed by atoms with Crippen LogP contribution in [-0.2, 0) is 0 Å². The van der Waals surface area contributed by atoms with Crippen LogP contribution in [0.2, 0.25) is 0 Å². The molecule has 1 nitrogen and oxygen atoms in total. The third kappa shape index (κ3) is 2.77. The highest BCUT2D eigenvalue weighted by Gasteiger charge is 2.09. The molecule has 3 heteroatoms. The molecule has 0 fully saturated rings. The minimum absolute atomic E-state index is 0.0325. The fourth-order valence-electron chi connectivity index (χ4n) is 1.38. The Morgan fingerprint density at radius 3 is 2.21 bits per heavy atom. The van der Waals surface area contributed by atoms with Crippen LogP contribution in [0.5, 0.6) is 0 Å². The number of hydrogen-bond donors (Lipinski definition) is 1. The lowest BCUT2D eigenvalue weighted by molar-refractivity contribution is 0.486. The van der Waals surface area contributed by atoms with Gasteiger partial charge >= 0.3 is 0 Å². The van der Waals surface area contributed by atoms with Gasteiger partial charge in [-0.05, 0) is 24.6 Å². The van der Waals surface area contributed by atoms with Gasteiger partial charge in [-0.1, -0.05) is 19.9 Å². The number of nitrogens with one attached hydrogen (secondary N) is 1. The zero-order chi connectivity index (χ0) is 10.7. The Bertz CT molecular complexity index is 310. The van der Waals surface area contributed by atoms with E-state index in [2.05, 4.69) is 5.32 Å². The summed E-state index contributed by atoms with van der Waals surface area (Å²) in [7, 11) is 0. The van der Waals surface area contributed by atoms with E-state index in [1.807, 2.05) is 20.8 Å². The van der Waals surface area contributed by atoms with Gasteiger partial charge in [0.1, 0.15) is 0 Å². The van der Waals surface area contributed by atoms with Crippen molar-refractivity contribution in [1.82, 2.24) is 5.32 Å². The minimum Gasteiger partial charge on any atom is -0.308 e. The van der Waals surface area contributed by atoms with E-state index in [0.29, 0.717) is 6.04 Å². The van der Waals surface area contributed by atoms with Crippen molar-refractivity contribution in [3.05, 3.63) is 35.4 Å². The lowest BCUT2D eigenvalue weighted by atomic mass is 10.1. The summed E-state index contributed by atoms with van der Waals surface area (Å²) in [4.78, 5) is 0. The highest BCUT2D eigenvalue weighted by molar-refractivity contribution is 5.20. The summed E-state index contributed by atoms with van der Waals surface area (Å²) in [6, 6.07) is 4.33. The summed E-state index contributed by atoms with van der Waals surface area (Å²) in [5.74, 6) is -1.59. The molecule has 0 heterocycles. The summed E-state index contributed by atoms with van der Waals surface area (Å²) in [5, 5.41) is 3.22. The monoisotopic (exact) mass is 199 g/mol. The van der Waals surface area contributed by atoms with Crippen molar-refractivity contribution in [2.75, 3.05) is 0 Å². The van der Waals surface area contributed by atoms with Crippen LogP contribution in [0.3, 0.4) is 0 Å². The molecule has 1 aromatic rings. The molecular weight excluding hydrogens is 184 g/mol. The largest absolute Gasteiger partial charge is 0.308 e. The zero-order valence-corrected chi connectivity index (χ0v) is 8.64. The number of rotatable bonds is 3. The van der Waals surface area contributed by atoms with Crippen molar-refractivity contribution < 1.29 is 8.78 Å². The van der Waals surface area contributed by atoms with Crippen molar-refractivity contribution >= 4 is 0 Å². The standard InChI is InChI=1S/C11H15F2N/c1-7(2)14-8(3)9-4-5-10(12)11(13)6-9/h4-8,14H,1-3H3/t8-/m0/s1. The molecule has 1 rings (SSSR count). The maximum Gasteiger partial charge on any atom is 0.159 e. The normalized spacial score (nSPS) is 13.3. The van der Waals surface area contributed by atoms with Gasteiger partial charge in [0.15, 0.2) is 11.6 Å². The van der Waals surface area contributed by atoms with Crippen LogP contribution in [0, 0.1) is 11.6 Å². The predicted molar refractivity (Wildman–Crippen MR) is 53.0 cm³/mol. The Morgan fingerprint density at radius 1 is 1.07 bits per heavy atom. The Labute approximate surface area is 83.1 Å². The fraction of sp³-hybridized carbons (Fsp3) is 0.455. The average Bonchev–Trinajstić information content (AvgIpc) is 2.08. The van der Waals surface area contributed by atoms with Gasteiger partial charge < -0.3 is 5.32 Å². The summed E-state index contributed by atoms with van der Waals surface area (Å²) >= 11 is 0. The lowest BCUT2D eigenvalue weighted by Crippen LogP contribution is -2.26. The van der Waals surface area contributed by atoms with Crippen molar-refractivity contribution in [2.45, 2.75) is 32.9 Å². The molecule has 0 bridgehead atoms. The molecule has 1 N–H and O–H groups in total. The second-order valence-electron chi connectivity index (χ2n) is 3.72. The topological polar surface area (TPSA) is 12.0 Å². The maximum absolute atomic E-state index is 12.9.